The zero-order valence-electron chi connectivity index (χ0n) is 22.3. The molecule has 1 aliphatic heterocycles. The number of anilines is 1. The topological polar surface area (TPSA) is 103 Å². The van der Waals surface area contributed by atoms with Gasteiger partial charge >= 0.3 is 5.97 Å². The van der Waals surface area contributed by atoms with Crippen LogP contribution in [0.1, 0.15) is 52.2 Å². The third-order valence-corrected chi connectivity index (χ3v) is 7.62. The molecule has 6 rings (SSSR count). The van der Waals surface area contributed by atoms with E-state index in [4.69, 9.17) is 4.74 Å². The van der Waals surface area contributed by atoms with E-state index in [0.717, 1.165) is 24.2 Å². The Morgan fingerprint density at radius 3 is 2.42 bits per heavy atom. The standard InChI is InChI=1S/C29H29FN6O4/c1-18(37)19-3-5-22(6-4-19)36-16-20(31-32-36)15-33-9-11-34(12-10-33)27-14-26-23(13-25(27)30)28(38)24(29(39)40-2)17-35(26)21-7-8-21/h3-6,13-14,16-17,21H,7-12,15H2,1-2H3. The van der Waals surface area contributed by atoms with Crippen LogP contribution in [0.5, 0.6) is 0 Å². The molecule has 11 heteroatoms. The maximum atomic E-state index is 15.4. The molecule has 0 radical (unpaired) electrons. The van der Waals surface area contributed by atoms with Crippen molar-refractivity contribution in [1.29, 1.82) is 0 Å². The van der Waals surface area contributed by atoms with Gasteiger partial charge < -0.3 is 14.2 Å². The van der Waals surface area contributed by atoms with Gasteiger partial charge in [0, 0.05) is 55.9 Å². The number of hydrogen-bond acceptors (Lipinski definition) is 8. The fourth-order valence-electron chi connectivity index (χ4n) is 5.23. The van der Waals surface area contributed by atoms with Gasteiger partial charge in [-0.3, -0.25) is 14.5 Å². The Labute approximate surface area is 229 Å². The Kier molecular flexibility index (Phi) is 6.67. The quantitative estimate of drug-likeness (QED) is 0.258. The number of methoxy groups -OCH3 is 1. The van der Waals surface area contributed by atoms with Gasteiger partial charge in [-0.2, -0.15) is 0 Å². The van der Waals surface area contributed by atoms with Crippen molar-refractivity contribution >= 4 is 28.3 Å². The number of benzene rings is 2. The van der Waals surface area contributed by atoms with Crippen molar-refractivity contribution < 1.29 is 18.7 Å². The molecule has 0 atom stereocenters. The smallest absolute Gasteiger partial charge is 0.343 e. The van der Waals surface area contributed by atoms with Crippen LogP contribution in [0.15, 0.2) is 53.6 Å². The number of nitrogens with zero attached hydrogens (tertiary/aromatic N) is 6. The van der Waals surface area contributed by atoms with E-state index in [2.05, 4.69) is 15.2 Å². The van der Waals surface area contributed by atoms with Gasteiger partial charge in [0.15, 0.2) is 5.78 Å². The number of piperazine rings is 1. The highest BCUT2D eigenvalue weighted by molar-refractivity contribution is 5.95. The number of ether oxygens (including phenoxy) is 1. The molecule has 1 saturated heterocycles. The van der Waals surface area contributed by atoms with Gasteiger partial charge in [-0.1, -0.05) is 5.21 Å². The number of esters is 1. The lowest BCUT2D eigenvalue weighted by Gasteiger charge is -2.36. The van der Waals surface area contributed by atoms with Gasteiger partial charge in [0.1, 0.15) is 11.4 Å². The largest absolute Gasteiger partial charge is 0.465 e. The molecule has 2 aromatic carbocycles. The number of halogens is 1. The van der Waals surface area contributed by atoms with Crippen LogP contribution in [0.25, 0.3) is 16.6 Å². The van der Waals surface area contributed by atoms with Gasteiger partial charge in [-0.15, -0.1) is 5.10 Å². The van der Waals surface area contributed by atoms with Crippen molar-refractivity contribution in [2.24, 2.45) is 0 Å². The Bertz CT molecular complexity index is 1670. The predicted octanol–water partition coefficient (Wildman–Crippen LogP) is 3.37. The van der Waals surface area contributed by atoms with Crippen LogP contribution in [0.3, 0.4) is 0 Å². The molecule has 0 N–H and O–H groups in total. The van der Waals surface area contributed by atoms with Crippen molar-refractivity contribution in [2.75, 3.05) is 38.2 Å². The number of carbonyl (C=O) groups excluding carboxylic acids is 2. The van der Waals surface area contributed by atoms with Gasteiger partial charge in [-0.25, -0.2) is 13.9 Å². The van der Waals surface area contributed by atoms with Crippen molar-refractivity contribution in [3.8, 4) is 5.69 Å². The van der Waals surface area contributed by atoms with Gasteiger partial charge in [0.2, 0.25) is 5.43 Å². The number of hydrogen-bond donors (Lipinski definition) is 0. The van der Waals surface area contributed by atoms with Crippen molar-refractivity contribution in [1.82, 2.24) is 24.5 Å². The molecule has 1 aliphatic carbocycles. The molecule has 4 aromatic rings. The highest BCUT2D eigenvalue weighted by atomic mass is 19.1. The monoisotopic (exact) mass is 544 g/mol. The number of aromatic nitrogens is 4. The zero-order valence-corrected chi connectivity index (χ0v) is 22.3. The summed E-state index contributed by atoms with van der Waals surface area (Å²) in [6.45, 7) is 4.76. The number of pyridine rings is 1. The molecular weight excluding hydrogens is 515 g/mol. The first-order valence-electron chi connectivity index (χ1n) is 13.3. The minimum atomic E-state index is -0.715. The summed E-state index contributed by atoms with van der Waals surface area (Å²) < 4.78 is 23.7. The molecule has 40 heavy (non-hydrogen) atoms. The SMILES string of the molecule is COC(=O)c1cn(C2CC2)c2cc(N3CCN(Cc4cn(-c5ccc(C(C)=O)cc5)nn4)CC3)c(F)cc2c1=O. The molecule has 0 unspecified atom stereocenters. The second-order valence-corrected chi connectivity index (χ2v) is 10.3. The zero-order chi connectivity index (χ0) is 28.0. The fraction of sp³-hybridized carbons (Fsp3) is 0.345. The van der Waals surface area contributed by atoms with E-state index in [1.807, 2.05) is 27.8 Å². The maximum absolute atomic E-state index is 15.4. The van der Waals surface area contributed by atoms with E-state index in [9.17, 15) is 14.4 Å². The first-order valence-corrected chi connectivity index (χ1v) is 13.3. The van der Waals surface area contributed by atoms with E-state index in [-0.39, 0.29) is 22.8 Å². The van der Waals surface area contributed by atoms with Crippen LogP contribution in [0, 0.1) is 5.82 Å². The number of ketones is 1. The minimum Gasteiger partial charge on any atom is -0.465 e. The van der Waals surface area contributed by atoms with Crippen LogP contribution in [0.2, 0.25) is 0 Å². The Morgan fingerprint density at radius 2 is 1.77 bits per heavy atom. The molecule has 0 bridgehead atoms. The lowest BCUT2D eigenvalue weighted by molar-refractivity contribution is 0.0598. The molecule has 2 aliphatic rings. The van der Waals surface area contributed by atoms with Crippen molar-refractivity contribution in [3.05, 3.63) is 81.7 Å². The van der Waals surface area contributed by atoms with Gasteiger partial charge in [0.25, 0.3) is 0 Å². The van der Waals surface area contributed by atoms with E-state index in [1.54, 1.807) is 29.1 Å². The Hall–Kier alpha value is -4.38. The number of Topliss-reactive ketones (excluding diaryl/α,β-unsaturated/α-hetero) is 1. The molecule has 0 amide bonds. The van der Waals surface area contributed by atoms with Gasteiger partial charge in [0.05, 0.1) is 35.9 Å². The first-order chi connectivity index (χ1) is 19.3. The summed E-state index contributed by atoms with van der Waals surface area (Å²) in [4.78, 5) is 40.9. The summed E-state index contributed by atoms with van der Waals surface area (Å²) in [5, 5.41) is 8.71. The molecule has 206 valence electrons. The van der Waals surface area contributed by atoms with Crippen LogP contribution in [-0.2, 0) is 11.3 Å². The van der Waals surface area contributed by atoms with E-state index < -0.39 is 17.2 Å². The highest BCUT2D eigenvalue weighted by Gasteiger charge is 2.29. The molecule has 0 spiro atoms. The number of fused-ring (bicyclic) bond motifs is 1. The lowest BCUT2D eigenvalue weighted by atomic mass is 10.1. The highest BCUT2D eigenvalue weighted by Crippen LogP contribution is 2.38. The van der Waals surface area contributed by atoms with E-state index >= 15 is 4.39 Å². The first kappa shape index (κ1) is 25.9. The normalized spacial score (nSPS) is 15.9. The molecular formula is C29H29FN6O4. The summed E-state index contributed by atoms with van der Waals surface area (Å²) in [6.07, 6.45) is 5.31. The maximum Gasteiger partial charge on any atom is 0.343 e. The second kappa shape index (κ2) is 10.3. The van der Waals surface area contributed by atoms with Crippen LogP contribution in [0.4, 0.5) is 10.1 Å². The van der Waals surface area contributed by atoms with Crippen molar-refractivity contribution in [2.45, 2.75) is 32.4 Å². The average molecular weight is 545 g/mol. The Balaban J connectivity index is 1.17. The summed E-state index contributed by atoms with van der Waals surface area (Å²) >= 11 is 0. The third kappa shape index (κ3) is 4.88. The molecule has 10 nitrogen and oxygen atoms in total. The molecule has 2 aromatic heterocycles. The van der Waals surface area contributed by atoms with E-state index in [1.165, 1.54) is 20.1 Å². The summed E-state index contributed by atoms with van der Waals surface area (Å²) in [7, 11) is 1.23. The predicted molar refractivity (Wildman–Crippen MR) is 147 cm³/mol. The fourth-order valence-corrected chi connectivity index (χ4v) is 5.23. The van der Waals surface area contributed by atoms with E-state index in [0.29, 0.717) is 49.5 Å². The van der Waals surface area contributed by atoms with Crippen LogP contribution >= 0.6 is 0 Å². The second-order valence-electron chi connectivity index (χ2n) is 10.3. The number of carbonyl (C=O) groups is 2. The molecule has 3 heterocycles. The van der Waals surface area contributed by atoms with Crippen LogP contribution < -0.4 is 10.3 Å². The van der Waals surface area contributed by atoms with Gasteiger partial charge in [-0.05, 0) is 56.2 Å². The lowest BCUT2D eigenvalue weighted by Crippen LogP contribution is -2.46. The number of rotatable bonds is 7. The average Bonchev–Trinajstić information content (AvgIpc) is 3.71. The molecule has 2 fully saturated rings. The molecule has 1 saturated carbocycles. The third-order valence-electron chi connectivity index (χ3n) is 7.62. The Morgan fingerprint density at radius 1 is 1.05 bits per heavy atom. The summed E-state index contributed by atoms with van der Waals surface area (Å²) in [5.41, 5.74) is 2.77. The van der Waals surface area contributed by atoms with Crippen LogP contribution in [-0.4, -0.2) is 69.5 Å². The minimum absolute atomic E-state index is 0.0125. The summed E-state index contributed by atoms with van der Waals surface area (Å²) in [5.74, 6) is -1.19. The summed E-state index contributed by atoms with van der Waals surface area (Å²) in [6, 6.07) is 10.4. The van der Waals surface area contributed by atoms with Crippen molar-refractivity contribution in [3.63, 3.8) is 0 Å².